The van der Waals surface area contributed by atoms with Crippen molar-refractivity contribution in [3.05, 3.63) is 29.8 Å². The third kappa shape index (κ3) is 4.72. The molecule has 5 nitrogen and oxygen atoms in total. The number of anilines is 1. The van der Waals surface area contributed by atoms with Gasteiger partial charge in [0.2, 0.25) is 0 Å². The maximum Gasteiger partial charge on any atom is 0.251 e. The number of carbonyl (C=O) groups excluding carboxylic acids is 1. The molecule has 21 heavy (non-hydrogen) atoms. The fourth-order valence-corrected chi connectivity index (χ4v) is 2.42. The van der Waals surface area contributed by atoms with E-state index in [0.717, 1.165) is 31.8 Å². The van der Waals surface area contributed by atoms with Crippen molar-refractivity contribution in [2.75, 3.05) is 52.3 Å². The quantitative estimate of drug-likeness (QED) is 0.885. The van der Waals surface area contributed by atoms with Gasteiger partial charge in [-0.05, 0) is 31.7 Å². The van der Waals surface area contributed by atoms with Gasteiger partial charge in [-0.15, -0.1) is 0 Å². The Kier molecular flexibility index (Phi) is 5.59. The summed E-state index contributed by atoms with van der Waals surface area (Å²) in [5.41, 5.74) is 1.72. The van der Waals surface area contributed by atoms with E-state index in [1.807, 2.05) is 43.3 Å². The van der Waals surface area contributed by atoms with Crippen LogP contribution in [-0.4, -0.2) is 64.3 Å². The average Bonchev–Trinajstić information content (AvgIpc) is 2.47. The number of hydrogen-bond donors (Lipinski definition) is 1. The summed E-state index contributed by atoms with van der Waals surface area (Å²) in [6.07, 6.45) is 1.07. The van der Waals surface area contributed by atoms with Crippen molar-refractivity contribution in [2.45, 2.75) is 12.5 Å². The molecule has 0 saturated carbocycles. The van der Waals surface area contributed by atoms with Crippen LogP contribution >= 0.6 is 0 Å². The van der Waals surface area contributed by atoms with Gasteiger partial charge in [-0.1, -0.05) is 6.07 Å². The van der Waals surface area contributed by atoms with E-state index in [0.29, 0.717) is 12.1 Å². The van der Waals surface area contributed by atoms with Crippen molar-refractivity contribution >= 4 is 11.6 Å². The smallest absolute Gasteiger partial charge is 0.251 e. The molecule has 1 fully saturated rings. The minimum absolute atomic E-state index is 0.0251. The summed E-state index contributed by atoms with van der Waals surface area (Å²) in [5, 5.41) is 2.97. The second kappa shape index (κ2) is 7.43. The van der Waals surface area contributed by atoms with E-state index in [1.54, 1.807) is 0 Å². The van der Waals surface area contributed by atoms with Gasteiger partial charge >= 0.3 is 0 Å². The van der Waals surface area contributed by atoms with Crippen LogP contribution in [0.2, 0.25) is 0 Å². The van der Waals surface area contributed by atoms with Crippen LogP contribution in [-0.2, 0) is 4.74 Å². The molecule has 1 amide bonds. The Morgan fingerprint density at radius 1 is 1.48 bits per heavy atom. The summed E-state index contributed by atoms with van der Waals surface area (Å²) < 4.78 is 5.69. The van der Waals surface area contributed by atoms with Crippen LogP contribution in [0.15, 0.2) is 24.3 Å². The second-order valence-corrected chi connectivity index (χ2v) is 5.74. The van der Waals surface area contributed by atoms with Gasteiger partial charge in [0.25, 0.3) is 5.91 Å². The van der Waals surface area contributed by atoms with Crippen LogP contribution in [0.3, 0.4) is 0 Å². The Bertz CT molecular complexity index is 476. The first kappa shape index (κ1) is 15.8. The normalized spacial score (nSPS) is 19.3. The lowest BCUT2D eigenvalue weighted by Crippen LogP contribution is -2.41. The zero-order valence-corrected chi connectivity index (χ0v) is 13.1. The zero-order valence-electron chi connectivity index (χ0n) is 13.1. The first-order chi connectivity index (χ1) is 10.1. The number of morpholine rings is 1. The molecular formula is C16H25N3O2. The van der Waals surface area contributed by atoms with Crippen molar-refractivity contribution in [1.29, 1.82) is 0 Å². The number of nitrogens with zero attached hydrogens (tertiary/aromatic N) is 2. The maximum atomic E-state index is 12.1. The van der Waals surface area contributed by atoms with Crippen molar-refractivity contribution in [3.8, 4) is 0 Å². The molecule has 116 valence electrons. The molecule has 0 aromatic heterocycles. The first-order valence-electron chi connectivity index (χ1n) is 7.42. The maximum absolute atomic E-state index is 12.1. The predicted molar refractivity (Wildman–Crippen MR) is 85.0 cm³/mol. The molecule has 1 saturated heterocycles. The lowest BCUT2D eigenvalue weighted by Gasteiger charge is -2.30. The molecule has 0 aliphatic carbocycles. The fourth-order valence-electron chi connectivity index (χ4n) is 2.42. The monoisotopic (exact) mass is 291 g/mol. The summed E-state index contributed by atoms with van der Waals surface area (Å²) in [4.78, 5) is 16.4. The molecule has 5 heteroatoms. The summed E-state index contributed by atoms with van der Waals surface area (Å²) in [5.74, 6) is -0.0251. The lowest BCUT2D eigenvalue weighted by atomic mass is 10.1. The standard InChI is InChI=1S/C16H25N3O2/c1-18(2)14-6-4-5-13(11-14)16(20)17-8-7-15-12-19(3)9-10-21-15/h4-6,11,15H,7-10,12H2,1-3H3,(H,17,20). The molecule has 1 aromatic rings. The van der Waals surface area contributed by atoms with Crippen molar-refractivity contribution < 1.29 is 9.53 Å². The third-order valence-corrected chi connectivity index (χ3v) is 3.72. The van der Waals surface area contributed by atoms with Gasteiger partial charge in [-0.2, -0.15) is 0 Å². The van der Waals surface area contributed by atoms with Gasteiger partial charge in [0.15, 0.2) is 0 Å². The van der Waals surface area contributed by atoms with Gasteiger partial charge in [-0.25, -0.2) is 0 Å². The Morgan fingerprint density at radius 3 is 3.00 bits per heavy atom. The molecule has 1 aliphatic rings. The van der Waals surface area contributed by atoms with E-state index >= 15 is 0 Å². The second-order valence-electron chi connectivity index (χ2n) is 5.74. The average molecular weight is 291 g/mol. The summed E-state index contributed by atoms with van der Waals surface area (Å²) in [6, 6.07) is 7.64. The largest absolute Gasteiger partial charge is 0.378 e. The molecular weight excluding hydrogens is 266 g/mol. The number of likely N-dealkylation sites (N-methyl/N-ethyl adjacent to an activating group) is 1. The molecule has 1 heterocycles. The number of benzene rings is 1. The van der Waals surface area contributed by atoms with E-state index < -0.39 is 0 Å². The minimum Gasteiger partial charge on any atom is -0.378 e. The minimum atomic E-state index is -0.0251. The third-order valence-electron chi connectivity index (χ3n) is 3.72. The van der Waals surface area contributed by atoms with Gasteiger partial charge in [0, 0.05) is 45.0 Å². The molecule has 0 radical (unpaired) electrons. The Balaban J connectivity index is 1.80. The molecule has 1 aliphatic heterocycles. The molecule has 0 spiro atoms. The van der Waals surface area contributed by atoms with Crippen LogP contribution in [0.5, 0.6) is 0 Å². The Hall–Kier alpha value is -1.59. The number of hydrogen-bond acceptors (Lipinski definition) is 4. The van der Waals surface area contributed by atoms with Crippen LogP contribution in [0.25, 0.3) is 0 Å². The molecule has 2 rings (SSSR count). The lowest BCUT2D eigenvalue weighted by molar-refractivity contribution is -0.0226. The van der Waals surface area contributed by atoms with Crippen molar-refractivity contribution in [3.63, 3.8) is 0 Å². The summed E-state index contributed by atoms with van der Waals surface area (Å²) in [7, 11) is 6.03. The van der Waals surface area contributed by atoms with Crippen LogP contribution in [0.4, 0.5) is 5.69 Å². The molecule has 0 bridgehead atoms. The van der Waals surface area contributed by atoms with E-state index in [1.165, 1.54) is 0 Å². The Labute approximate surface area is 126 Å². The molecule has 1 atom stereocenters. The number of ether oxygens (including phenoxy) is 1. The number of rotatable bonds is 5. The zero-order chi connectivity index (χ0) is 15.2. The number of amides is 1. The molecule has 1 unspecified atom stereocenters. The van der Waals surface area contributed by atoms with E-state index in [2.05, 4.69) is 17.3 Å². The Morgan fingerprint density at radius 2 is 2.29 bits per heavy atom. The number of carbonyl (C=O) groups is 1. The fraction of sp³-hybridized carbons (Fsp3) is 0.562. The highest BCUT2D eigenvalue weighted by molar-refractivity contribution is 5.95. The van der Waals surface area contributed by atoms with E-state index in [9.17, 15) is 4.79 Å². The van der Waals surface area contributed by atoms with E-state index in [-0.39, 0.29) is 12.0 Å². The van der Waals surface area contributed by atoms with Gasteiger partial charge in [-0.3, -0.25) is 4.79 Å². The van der Waals surface area contributed by atoms with Gasteiger partial charge in [0.1, 0.15) is 0 Å². The SMILES string of the molecule is CN1CCOC(CCNC(=O)c2cccc(N(C)C)c2)C1. The topological polar surface area (TPSA) is 44.8 Å². The molecule has 1 N–H and O–H groups in total. The summed E-state index contributed by atoms with van der Waals surface area (Å²) >= 11 is 0. The van der Waals surface area contributed by atoms with Gasteiger partial charge in [0.05, 0.1) is 12.7 Å². The van der Waals surface area contributed by atoms with E-state index in [4.69, 9.17) is 4.74 Å². The summed E-state index contributed by atoms with van der Waals surface area (Å²) in [6.45, 7) is 3.34. The van der Waals surface area contributed by atoms with Gasteiger partial charge < -0.3 is 19.9 Å². The first-order valence-corrected chi connectivity index (χ1v) is 7.42. The van der Waals surface area contributed by atoms with Crippen molar-refractivity contribution in [2.24, 2.45) is 0 Å². The number of nitrogens with one attached hydrogen (secondary N) is 1. The van der Waals surface area contributed by atoms with Crippen LogP contribution < -0.4 is 10.2 Å². The highest BCUT2D eigenvalue weighted by Crippen LogP contribution is 2.13. The highest BCUT2D eigenvalue weighted by Gasteiger charge is 2.17. The van der Waals surface area contributed by atoms with Crippen LogP contribution in [0.1, 0.15) is 16.8 Å². The molecule has 1 aromatic carbocycles. The van der Waals surface area contributed by atoms with Crippen LogP contribution in [0, 0.1) is 0 Å². The highest BCUT2D eigenvalue weighted by atomic mass is 16.5. The van der Waals surface area contributed by atoms with Crippen molar-refractivity contribution in [1.82, 2.24) is 10.2 Å². The predicted octanol–water partition coefficient (Wildman–Crippen LogP) is 1.20.